The lowest BCUT2D eigenvalue weighted by molar-refractivity contribution is 0.655. The average molecular weight is 754 g/mol. The molecular formula is C54H31N3O2. The summed E-state index contributed by atoms with van der Waals surface area (Å²) in [5, 5.41) is 11.6. The Balaban J connectivity index is 1.09. The lowest BCUT2D eigenvalue weighted by Crippen LogP contribution is -1.99. The first-order chi connectivity index (χ1) is 29.3. The maximum atomic E-state index is 7.04. The van der Waals surface area contributed by atoms with Crippen molar-refractivity contribution >= 4 is 109 Å². The highest BCUT2D eigenvalue weighted by molar-refractivity contribution is 6.19. The monoisotopic (exact) mass is 753 g/mol. The van der Waals surface area contributed by atoms with E-state index in [1.165, 1.54) is 43.4 Å². The maximum absolute atomic E-state index is 7.04. The number of rotatable bonds is 3. The number of benzene rings is 9. The Bertz CT molecular complexity index is 3930. The van der Waals surface area contributed by atoms with Crippen LogP contribution in [0.5, 0.6) is 0 Å². The second-order valence-corrected chi connectivity index (χ2v) is 15.7. The van der Waals surface area contributed by atoms with Gasteiger partial charge in [0, 0.05) is 71.3 Å². The largest absolute Gasteiger partial charge is 0.456 e. The molecule has 0 atom stereocenters. The average Bonchev–Trinajstić information content (AvgIpc) is 4.09. The topological polar surface area (TPSA) is 41.1 Å². The lowest BCUT2D eigenvalue weighted by Gasteiger charge is -2.14. The van der Waals surface area contributed by atoms with Gasteiger partial charge in [-0.3, -0.25) is 0 Å². The van der Waals surface area contributed by atoms with Crippen LogP contribution in [0.25, 0.3) is 126 Å². The van der Waals surface area contributed by atoms with E-state index in [1.54, 1.807) is 0 Å². The molecule has 0 radical (unpaired) electrons. The minimum atomic E-state index is 0.788. The molecule has 5 aromatic heterocycles. The Morgan fingerprint density at radius 2 is 0.644 bits per heavy atom. The quantitative estimate of drug-likeness (QED) is 0.180. The molecule has 9 aromatic carbocycles. The van der Waals surface area contributed by atoms with Crippen molar-refractivity contribution in [2.45, 2.75) is 0 Å². The highest BCUT2D eigenvalue weighted by Crippen LogP contribution is 2.44. The number of hydrogen-bond donors (Lipinski definition) is 0. The van der Waals surface area contributed by atoms with Crippen molar-refractivity contribution in [1.29, 1.82) is 0 Å². The van der Waals surface area contributed by atoms with Crippen LogP contribution in [-0.4, -0.2) is 13.7 Å². The van der Waals surface area contributed by atoms with Crippen LogP contribution in [0.1, 0.15) is 0 Å². The minimum absolute atomic E-state index is 0.788. The molecule has 0 saturated heterocycles. The van der Waals surface area contributed by atoms with E-state index in [4.69, 9.17) is 8.83 Å². The van der Waals surface area contributed by atoms with Crippen molar-refractivity contribution in [2.24, 2.45) is 0 Å². The van der Waals surface area contributed by atoms with Crippen molar-refractivity contribution in [2.75, 3.05) is 0 Å². The fourth-order valence-corrected chi connectivity index (χ4v) is 10.1. The summed E-state index contributed by atoms with van der Waals surface area (Å²) >= 11 is 0. The summed E-state index contributed by atoms with van der Waals surface area (Å²) in [5.74, 6) is 0. The summed E-state index contributed by atoms with van der Waals surface area (Å²) in [6.07, 6.45) is 0. The summed E-state index contributed by atoms with van der Waals surface area (Å²) in [6.45, 7) is 0. The van der Waals surface area contributed by atoms with Crippen LogP contribution in [0.4, 0.5) is 0 Å². The normalized spacial score (nSPS) is 12.4. The van der Waals surface area contributed by atoms with Gasteiger partial charge in [-0.2, -0.15) is 0 Å². The number of nitrogens with zero attached hydrogens (tertiary/aromatic N) is 3. The van der Waals surface area contributed by atoms with E-state index >= 15 is 0 Å². The van der Waals surface area contributed by atoms with Gasteiger partial charge in [0.1, 0.15) is 16.7 Å². The van der Waals surface area contributed by atoms with Crippen molar-refractivity contribution in [3.63, 3.8) is 0 Å². The number of hydrogen-bond acceptors (Lipinski definition) is 2. The summed E-state index contributed by atoms with van der Waals surface area (Å²) in [6, 6.07) is 67.6. The lowest BCUT2D eigenvalue weighted by atomic mass is 10.1. The molecule has 0 aliphatic carbocycles. The Kier molecular flexibility index (Phi) is 5.96. The Labute approximate surface area is 335 Å². The van der Waals surface area contributed by atoms with Crippen molar-refractivity contribution in [3.8, 4) is 17.1 Å². The van der Waals surface area contributed by atoms with Gasteiger partial charge in [-0.05, 0) is 72.8 Å². The minimum Gasteiger partial charge on any atom is -0.456 e. The molecule has 0 aliphatic rings. The van der Waals surface area contributed by atoms with E-state index in [1.807, 2.05) is 0 Å². The van der Waals surface area contributed by atoms with E-state index in [0.717, 1.165) is 83.0 Å². The van der Waals surface area contributed by atoms with E-state index in [2.05, 4.69) is 202 Å². The van der Waals surface area contributed by atoms with Gasteiger partial charge in [-0.1, -0.05) is 109 Å². The van der Waals surface area contributed by atoms with Gasteiger partial charge in [-0.15, -0.1) is 0 Å². The van der Waals surface area contributed by atoms with Crippen LogP contribution in [0.2, 0.25) is 0 Å². The van der Waals surface area contributed by atoms with E-state index in [9.17, 15) is 0 Å². The van der Waals surface area contributed by atoms with Gasteiger partial charge >= 0.3 is 0 Å². The zero-order chi connectivity index (χ0) is 38.3. The van der Waals surface area contributed by atoms with Crippen LogP contribution in [-0.2, 0) is 0 Å². The van der Waals surface area contributed by atoms with E-state index < -0.39 is 0 Å². The molecule has 274 valence electrons. The Morgan fingerprint density at radius 1 is 0.254 bits per heavy atom. The number of para-hydroxylation sites is 6. The highest BCUT2D eigenvalue weighted by Gasteiger charge is 2.23. The predicted octanol–water partition coefficient (Wildman–Crippen LogP) is 14.8. The molecule has 0 saturated carbocycles. The number of aromatic nitrogens is 3. The molecule has 0 N–H and O–H groups in total. The number of fused-ring (bicyclic) bond motifs is 15. The van der Waals surface area contributed by atoms with Crippen LogP contribution < -0.4 is 0 Å². The predicted molar refractivity (Wildman–Crippen MR) is 244 cm³/mol. The molecule has 59 heavy (non-hydrogen) atoms. The van der Waals surface area contributed by atoms with Crippen molar-refractivity contribution < 1.29 is 8.83 Å². The van der Waals surface area contributed by atoms with Gasteiger partial charge in [0.05, 0.1) is 38.8 Å². The molecule has 5 heterocycles. The molecular weight excluding hydrogens is 723 g/mol. The van der Waals surface area contributed by atoms with Crippen LogP contribution in [0.3, 0.4) is 0 Å². The van der Waals surface area contributed by atoms with Gasteiger partial charge in [0.2, 0.25) is 0 Å². The Morgan fingerprint density at radius 3 is 1.15 bits per heavy atom. The van der Waals surface area contributed by atoms with Gasteiger partial charge in [-0.25, -0.2) is 0 Å². The molecule has 0 spiro atoms. The van der Waals surface area contributed by atoms with Crippen LogP contribution in [0, 0.1) is 0 Å². The summed E-state index contributed by atoms with van der Waals surface area (Å²) < 4.78 is 20.8. The van der Waals surface area contributed by atoms with E-state index in [-0.39, 0.29) is 0 Å². The first-order valence-electron chi connectivity index (χ1n) is 20.1. The molecule has 0 unspecified atom stereocenters. The van der Waals surface area contributed by atoms with E-state index in [0.29, 0.717) is 0 Å². The fourth-order valence-electron chi connectivity index (χ4n) is 10.1. The number of furan rings is 2. The fraction of sp³-hybridized carbons (Fsp3) is 0. The maximum Gasteiger partial charge on any atom is 0.159 e. The standard InChI is InChI=1S/C54H31N3O2/c1-7-19-44-34(13-1)35-14-2-8-20-45(35)55(44)32-25-26-51-40(27-32)41-30-42-43-28-33(56-46-21-9-3-15-36(46)37-16-4-10-22-47(37)56)29-50(54(43)59-53(42)31-52(41)58-51)57-48-23-11-5-17-38(48)39-18-6-12-24-49(39)57/h1-31H. The third kappa shape index (κ3) is 4.13. The second-order valence-electron chi connectivity index (χ2n) is 15.7. The van der Waals surface area contributed by atoms with Gasteiger partial charge in [0.15, 0.2) is 5.58 Å². The molecule has 14 rings (SSSR count). The first kappa shape index (κ1) is 31.1. The zero-order valence-electron chi connectivity index (χ0n) is 31.6. The van der Waals surface area contributed by atoms with Gasteiger partial charge < -0.3 is 22.5 Å². The Hall–Kier alpha value is -8.02. The SMILES string of the molecule is c1ccc2c(c1)c1ccccc1n2-c1ccc2oc3cc4oc5c(-n6c7ccccc7c7ccccc76)cc(-n6c7ccccc7c7ccccc76)cc5c4cc3c2c1. The molecule has 5 nitrogen and oxygen atoms in total. The zero-order valence-corrected chi connectivity index (χ0v) is 31.6. The van der Waals surface area contributed by atoms with Crippen LogP contribution in [0.15, 0.2) is 197 Å². The summed E-state index contributed by atoms with van der Waals surface area (Å²) in [5.41, 5.74) is 13.4. The van der Waals surface area contributed by atoms with Crippen molar-refractivity contribution in [3.05, 3.63) is 188 Å². The molecule has 14 aromatic rings. The molecule has 0 amide bonds. The third-order valence-corrected chi connectivity index (χ3v) is 12.6. The molecule has 0 bridgehead atoms. The molecule has 5 heteroatoms. The summed E-state index contributed by atoms with van der Waals surface area (Å²) in [7, 11) is 0. The summed E-state index contributed by atoms with van der Waals surface area (Å²) in [4.78, 5) is 0. The smallest absolute Gasteiger partial charge is 0.159 e. The molecule has 0 fully saturated rings. The van der Waals surface area contributed by atoms with Crippen molar-refractivity contribution in [1.82, 2.24) is 13.7 Å². The first-order valence-corrected chi connectivity index (χ1v) is 20.1. The molecule has 0 aliphatic heterocycles. The second kappa shape index (κ2) is 11.3. The highest BCUT2D eigenvalue weighted by atomic mass is 16.3. The van der Waals surface area contributed by atoms with Crippen LogP contribution >= 0.6 is 0 Å². The third-order valence-electron chi connectivity index (χ3n) is 12.6. The van der Waals surface area contributed by atoms with Gasteiger partial charge in [0.25, 0.3) is 0 Å².